The predicted octanol–water partition coefficient (Wildman–Crippen LogP) is 2.95. The van der Waals surface area contributed by atoms with Crippen molar-refractivity contribution in [2.24, 2.45) is 0 Å². The Kier molecular flexibility index (Phi) is 6.75. The number of nitrogens with zero attached hydrogens (tertiary/aromatic N) is 1. The number of aromatic nitrogens is 1. The molecular weight excluding hydrogens is 350 g/mol. The van der Waals surface area contributed by atoms with Gasteiger partial charge in [0.05, 0.1) is 12.2 Å². The first-order valence-corrected chi connectivity index (χ1v) is 8.98. The fraction of sp³-hybridized carbons (Fsp3) is 0.316. The van der Waals surface area contributed by atoms with E-state index in [1.807, 2.05) is 20.8 Å². The molecule has 1 atom stereocenters. The monoisotopic (exact) mass is 371 g/mol. The fourth-order valence-electron chi connectivity index (χ4n) is 2.00. The first kappa shape index (κ1) is 19.5. The van der Waals surface area contributed by atoms with Crippen molar-refractivity contribution in [3.05, 3.63) is 40.9 Å². The SMILES string of the molecule is CC(=O)NC(C)C#Cc1cnc(Oc2ccc(C(=O)NC(C)C)cc2)s1. The Morgan fingerprint density at radius 2 is 1.85 bits per heavy atom. The molecule has 1 heterocycles. The van der Waals surface area contributed by atoms with Gasteiger partial charge in [-0.3, -0.25) is 9.59 Å². The van der Waals surface area contributed by atoms with Gasteiger partial charge in [-0.05, 0) is 45.0 Å². The minimum absolute atomic E-state index is 0.0849. The molecular formula is C19H21N3O3S. The molecule has 0 radical (unpaired) electrons. The quantitative estimate of drug-likeness (QED) is 0.792. The number of thiazole rings is 1. The van der Waals surface area contributed by atoms with Crippen LogP contribution in [0.15, 0.2) is 30.5 Å². The summed E-state index contributed by atoms with van der Waals surface area (Å²) < 4.78 is 5.68. The van der Waals surface area contributed by atoms with Gasteiger partial charge in [0.15, 0.2) is 0 Å². The Morgan fingerprint density at radius 3 is 2.46 bits per heavy atom. The molecule has 1 aromatic carbocycles. The van der Waals surface area contributed by atoms with Crippen LogP contribution in [0.1, 0.15) is 42.9 Å². The number of nitrogens with one attached hydrogen (secondary N) is 2. The molecule has 136 valence electrons. The van der Waals surface area contributed by atoms with Crippen LogP contribution in [0.25, 0.3) is 0 Å². The van der Waals surface area contributed by atoms with Gasteiger partial charge in [0.25, 0.3) is 11.1 Å². The summed E-state index contributed by atoms with van der Waals surface area (Å²) in [5, 5.41) is 5.99. The van der Waals surface area contributed by atoms with E-state index in [4.69, 9.17) is 4.74 Å². The van der Waals surface area contributed by atoms with Crippen molar-refractivity contribution in [3.8, 4) is 22.8 Å². The lowest BCUT2D eigenvalue weighted by atomic mass is 10.2. The third-order valence-corrected chi connectivity index (χ3v) is 3.85. The lowest BCUT2D eigenvalue weighted by Crippen LogP contribution is -2.29. The molecule has 1 aromatic heterocycles. The second kappa shape index (κ2) is 9.02. The number of ether oxygens (including phenoxy) is 1. The molecule has 0 bridgehead atoms. The highest BCUT2D eigenvalue weighted by atomic mass is 32.1. The second-order valence-corrected chi connectivity index (χ2v) is 6.93. The largest absolute Gasteiger partial charge is 0.431 e. The summed E-state index contributed by atoms with van der Waals surface area (Å²) >= 11 is 1.31. The summed E-state index contributed by atoms with van der Waals surface area (Å²) in [5.41, 5.74) is 0.573. The highest BCUT2D eigenvalue weighted by Crippen LogP contribution is 2.26. The van der Waals surface area contributed by atoms with Gasteiger partial charge < -0.3 is 15.4 Å². The number of amides is 2. The molecule has 0 saturated heterocycles. The van der Waals surface area contributed by atoms with Crippen molar-refractivity contribution < 1.29 is 14.3 Å². The molecule has 7 heteroatoms. The zero-order valence-electron chi connectivity index (χ0n) is 15.1. The molecule has 0 saturated carbocycles. The van der Waals surface area contributed by atoms with E-state index in [1.165, 1.54) is 18.3 Å². The molecule has 1 unspecified atom stereocenters. The number of rotatable bonds is 5. The molecule has 2 aromatic rings. The van der Waals surface area contributed by atoms with Gasteiger partial charge in [0.1, 0.15) is 10.6 Å². The molecule has 6 nitrogen and oxygen atoms in total. The summed E-state index contributed by atoms with van der Waals surface area (Å²) in [6.07, 6.45) is 1.62. The Morgan fingerprint density at radius 1 is 1.15 bits per heavy atom. The Labute approximate surface area is 157 Å². The molecule has 0 fully saturated rings. The summed E-state index contributed by atoms with van der Waals surface area (Å²) in [7, 11) is 0. The van der Waals surface area contributed by atoms with Gasteiger partial charge in [-0.1, -0.05) is 23.2 Å². The first-order valence-electron chi connectivity index (χ1n) is 8.16. The average molecular weight is 371 g/mol. The van der Waals surface area contributed by atoms with Crippen molar-refractivity contribution in [2.75, 3.05) is 0 Å². The second-order valence-electron chi connectivity index (χ2n) is 5.94. The van der Waals surface area contributed by atoms with E-state index in [9.17, 15) is 9.59 Å². The van der Waals surface area contributed by atoms with E-state index >= 15 is 0 Å². The molecule has 26 heavy (non-hydrogen) atoms. The molecule has 2 N–H and O–H groups in total. The van der Waals surface area contributed by atoms with Gasteiger partial charge in [-0.25, -0.2) is 4.98 Å². The van der Waals surface area contributed by atoms with Crippen molar-refractivity contribution in [2.45, 2.75) is 39.8 Å². The number of hydrogen-bond donors (Lipinski definition) is 2. The molecule has 2 amide bonds. The van der Waals surface area contributed by atoms with Gasteiger partial charge in [-0.2, -0.15) is 0 Å². The lowest BCUT2D eigenvalue weighted by Gasteiger charge is -2.08. The van der Waals surface area contributed by atoms with Crippen LogP contribution in [0.3, 0.4) is 0 Å². The Balaban J connectivity index is 1.97. The first-order chi connectivity index (χ1) is 12.3. The third-order valence-electron chi connectivity index (χ3n) is 3.06. The highest BCUT2D eigenvalue weighted by molar-refractivity contribution is 7.13. The average Bonchev–Trinajstić information content (AvgIpc) is 3.00. The number of benzene rings is 1. The zero-order valence-corrected chi connectivity index (χ0v) is 15.9. The molecule has 0 aliphatic heterocycles. The normalized spacial score (nSPS) is 11.3. The van der Waals surface area contributed by atoms with E-state index in [0.29, 0.717) is 16.5 Å². The van der Waals surface area contributed by atoms with Crippen LogP contribution in [0.4, 0.5) is 0 Å². The molecule has 2 rings (SSSR count). The van der Waals surface area contributed by atoms with Crippen LogP contribution < -0.4 is 15.4 Å². The van der Waals surface area contributed by atoms with Gasteiger partial charge in [0, 0.05) is 18.5 Å². The minimum atomic E-state index is -0.233. The van der Waals surface area contributed by atoms with Crippen LogP contribution in [0.5, 0.6) is 10.9 Å². The maximum atomic E-state index is 11.9. The van der Waals surface area contributed by atoms with E-state index in [1.54, 1.807) is 30.5 Å². The third kappa shape index (κ3) is 6.22. The summed E-state index contributed by atoms with van der Waals surface area (Å²) in [6.45, 7) is 7.09. The van der Waals surface area contributed by atoms with Crippen LogP contribution >= 0.6 is 11.3 Å². The van der Waals surface area contributed by atoms with Gasteiger partial charge in [-0.15, -0.1) is 0 Å². The van der Waals surface area contributed by atoms with Crippen LogP contribution in [-0.2, 0) is 4.79 Å². The van der Waals surface area contributed by atoms with E-state index in [2.05, 4.69) is 27.5 Å². The minimum Gasteiger partial charge on any atom is -0.431 e. The lowest BCUT2D eigenvalue weighted by molar-refractivity contribution is -0.119. The van der Waals surface area contributed by atoms with E-state index < -0.39 is 0 Å². The number of carbonyl (C=O) groups is 2. The Hall–Kier alpha value is -2.85. The topological polar surface area (TPSA) is 80.3 Å². The maximum Gasteiger partial charge on any atom is 0.279 e. The van der Waals surface area contributed by atoms with Crippen LogP contribution in [-0.4, -0.2) is 28.9 Å². The molecule has 0 spiro atoms. The predicted molar refractivity (Wildman–Crippen MR) is 101 cm³/mol. The van der Waals surface area contributed by atoms with Crippen LogP contribution in [0.2, 0.25) is 0 Å². The standard InChI is InChI=1S/C19H21N3O3S/c1-12(2)21-18(24)15-6-8-16(9-7-15)25-19-20-11-17(26-19)10-5-13(3)22-14(4)23/h6-9,11-13H,1-4H3,(H,21,24)(H,22,23). The summed E-state index contributed by atoms with van der Waals surface area (Å²) in [4.78, 5) is 27.8. The van der Waals surface area contributed by atoms with Crippen molar-refractivity contribution in [1.29, 1.82) is 0 Å². The summed E-state index contributed by atoms with van der Waals surface area (Å²) in [5.74, 6) is 6.24. The fourth-order valence-corrected chi connectivity index (χ4v) is 2.65. The maximum absolute atomic E-state index is 11.9. The zero-order chi connectivity index (χ0) is 19.1. The molecule has 0 aliphatic carbocycles. The van der Waals surface area contributed by atoms with Crippen molar-refractivity contribution >= 4 is 23.2 Å². The van der Waals surface area contributed by atoms with Crippen molar-refractivity contribution in [1.82, 2.24) is 15.6 Å². The van der Waals surface area contributed by atoms with Crippen LogP contribution in [0, 0.1) is 11.8 Å². The Bertz CT molecular complexity index is 832. The van der Waals surface area contributed by atoms with Gasteiger partial charge in [0.2, 0.25) is 5.91 Å². The van der Waals surface area contributed by atoms with E-state index in [-0.39, 0.29) is 23.9 Å². The number of hydrogen-bond acceptors (Lipinski definition) is 5. The highest BCUT2D eigenvalue weighted by Gasteiger charge is 2.08. The molecule has 0 aliphatic rings. The smallest absolute Gasteiger partial charge is 0.279 e. The number of carbonyl (C=O) groups excluding carboxylic acids is 2. The van der Waals surface area contributed by atoms with Crippen molar-refractivity contribution in [3.63, 3.8) is 0 Å². The van der Waals surface area contributed by atoms with Gasteiger partial charge >= 0.3 is 0 Å². The van der Waals surface area contributed by atoms with E-state index in [0.717, 1.165) is 4.88 Å². The summed E-state index contributed by atoms with van der Waals surface area (Å²) in [6, 6.07) is 6.71.